The van der Waals surface area contributed by atoms with E-state index in [0.717, 1.165) is 0 Å². The highest BCUT2D eigenvalue weighted by Gasteiger charge is 2.29. The van der Waals surface area contributed by atoms with Crippen LogP contribution in [0.4, 0.5) is 0 Å². The molecule has 0 radical (unpaired) electrons. The molecule has 1 aliphatic rings. The Balaban J connectivity index is 1.93. The van der Waals surface area contributed by atoms with Gasteiger partial charge in [-0.2, -0.15) is 0 Å². The van der Waals surface area contributed by atoms with Gasteiger partial charge in [-0.3, -0.25) is 0 Å². The Kier molecular flexibility index (Phi) is 4.08. The van der Waals surface area contributed by atoms with Gasteiger partial charge < -0.3 is 4.90 Å². The Morgan fingerprint density at radius 1 is 0.800 bits per heavy atom. The molecule has 0 amide bonds. The molecule has 0 saturated heterocycles. The smallest absolute Gasteiger partial charge is 0.0861 e. The fourth-order valence-electron chi connectivity index (χ4n) is 2.17. The van der Waals surface area contributed by atoms with Crippen LogP contribution in [0.2, 0.25) is 0 Å². The Hall–Kier alpha value is -1.32. The van der Waals surface area contributed by atoms with E-state index in [1.807, 2.05) is 23.5 Å². The van der Waals surface area contributed by atoms with Gasteiger partial charge in [0, 0.05) is 19.0 Å². The van der Waals surface area contributed by atoms with Crippen molar-refractivity contribution in [1.29, 1.82) is 0 Å². The molecule has 1 aliphatic heterocycles. The first kappa shape index (κ1) is 13.7. The Morgan fingerprint density at radius 3 is 2.00 bits per heavy atom. The quantitative estimate of drug-likeness (QED) is 0.780. The lowest BCUT2D eigenvalue weighted by Gasteiger charge is -2.15. The van der Waals surface area contributed by atoms with Crippen molar-refractivity contribution in [2.75, 3.05) is 14.1 Å². The van der Waals surface area contributed by atoms with Crippen molar-refractivity contribution in [1.82, 2.24) is 4.90 Å². The highest BCUT2D eigenvalue weighted by molar-refractivity contribution is 8.26. The molecule has 20 heavy (non-hydrogen) atoms. The van der Waals surface area contributed by atoms with Crippen LogP contribution in [0.25, 0.3) is 4.91 Å². The van der Waals surface area contributed by atoms with Crippen molar-refractivity contribution >= 4 is 28.4 Å². The average Bonchev–Trinajstić information content (AvgIpc) is 2.94. The lowest BCUT2D eigenvalue weighted by molar-refractivity contribution is 0.554. The van der Waals surface area contributed by atoms with Gasteiger partial charge >= 0.3 is 0 Å². The zero-order valence-corrected chi connectivity index (χ0v) is 13.2. The number of hydrogen-bond acceptors (Lipinski definition) is 3. The molecule has 1 unspecified atom stereocenters. The van der Waals surface area contributed by atoms with Crippen LogP contribution in [0.15, 0.2) is 65.7 Å². The first-order valence-electron chi connectivity index (χ1n) is 6.61. The van der Waals surface area contributed by atoms with Crippen LogP contribution in [-0.4, -0.2) is 19.0 Å². The maximum absolute atomic E-state index is 2.23. The summed E-state index contributed by atoms with van der Waals surface area (Å²) < 4.78 is 0.448. The molecule has 1 atom stereocenters. The van der Waals surface area contributed by atoms with Crippen LogP contribution < -0.4 is 0 Å². The summed E-state index contributed by atoms with van der Waals surface area (Å²) in [5.74, 6) is 0. The number of benzene rings is 2. The minimum Gasteiger partial charge on any atom is -0.372 e. The van der Waals surface area contributed by atoms with E-state index < -0.39 is 0 Å². The summed E-state index contributed by atoms with van der Waals surface area (Å²) in [6, 6.07) is 21.4. The van der Waals surface area contributed by atoms with E-state index >= 15 is 0 Å². The Morgan fingerprint density at radius 2 is 1.40 bits per heavy atom. The van der Waals surface area contributed by atoms with E-state index in [9.17, 15) is 0 Å². The van der Waals surface area contributed by atoms with Gasteiger partial charge in [-0.1, -0.05) is 72.4 Å². The van der Waals surface area contributed by atoms with E-state index in [1.165, 1.54) is 21.1 Å². The maximum atomic E-state index is 2.23. The molecular formula is C17H17NS2. The first-order chi connectivity index (χ1) is 9.75. The molecule has 0 spiro atoms. The minimum absolute atomic E-state index is 0.448. The molecule has 3 heteroatoms. The number of rotatable bonds is 3. The van der Waals surface area contributed by atoms with Crippen LogP contribution in [-0.2, 0) is 0 Å². The van der Waals surface area contributed by atoms with Gasteiger partial charge in [0.05, 0.1) is 9.61 Å². The summed E-state index contributed by atoms with van der Waals surface area (Å²) in [6.07, 6.45) is 0. The standard InChI is InChI=1S/C17H17NS2/c1-18(2)16-15(13-9-5-3-6-10-13)19-17(20-16)14-11-7-4-8-12-14/h3-12,17H,1-2H3. The van der Waals surface area contributed by atoms with Gasteiger partial charge in [0.1, 0.15) is 0 Å². The lowest BCUT2D eigenvalue weighted by Crippen LogP contribution is -2.08. The molecule has 0 aromatic heterocycles. The fraction of sp³-hybridized carbons (Fsp3) is 0.176. The summed E-state index contributed by atoms with van der Waals surface area (Å²) in [5, 5.41) is 1.36. The summed E-state index contributed by atoms with van der Waals surface area (Å²) in [5.41, 5.74) is 2.69. The van der Waals surface area contributed by atoms with E-state index in [4.69, 9.17) is 0 Å². The molecule has 2 aromatic carbocycles. The predicted molar refractivity (Wildman–Crippen MR) is 91.4 cm³/mol. The molecule has 0 fully saturated rings. The van der Waals surface area contributed by atoms with Crippen molar-refractivity contribution in [2.45, 2.75) is 4.58 Å². The highest BCUT2D eigenvalue weighted by Crippen LogP contribution is 2.58. The topological polar surface area (TPSA) is 3.24 Å². The summed E-state index contributed by atoms with van der Waals surface area (Å²) in [6.45, 7) is 0. The van der Waals surface area contributed by atoms with Crippen molar-refractivity contribution < 1.29 is 0 Å². The van der Waals surface area contributed by atoms with Gasteiger partial charge in [0.2, 0.25) is 0 Å². The third-order valence-electron chi connectivity index (χ3n) is 3.15. The van der Waals surface area contributed by atoms with Crippen molar-refractivity contribution in [2.24, 2.45) is 0 Å². The third-order valence-corrected chi connectivity index (χ3v) is 6.29. The SMILES string of the molecule is CN(C)C1=C(c2ccccc2)SC(c2ccccc2)S1. The van der Waals surface area contributed by atoms with Crippen molar-refractivity contribution in [3.05, 3.63) is 76.8 Å². The third kappa shape index (κ3) is 2.74. The molecule has 0 bridgehead atoms. The van der Waals surface area contributed by atoms with Gasteiger partial charge in [0.15, 0.2) is 0 Å². The molecule has 102 valence electrons. The lowest BCUT2D eigenvalue weighted by atomic mass is 10.2. The van der Waals surface area contributed by atoms with E-state index in [0.29, 0.717) is 4.58 Å². The Labute approximate surface area is 129 Å². The molecular weight excluding hydrogens is 282 g/mol. The van der Waals surface area contributed by atoms with Crippen LogP contribution in [0.3, 0.4) is 0 Å². The van der Waals surface area contributed by atoms with Crippen molar-refractivity contribution in [3.63, 3.8) is 0 Å². The highest BCUT2D eigenvalue weighted by atomic mass is 32.2. The summed E-state index contributed by atoms with van der Waals surface area (Å²) in [4.78, 5) is 3.61. The Bertz CT molecular complexity index is 605. The van der Waals surface area contributed by atoms with Gasteiger partial charge in [-0.25, -0.2) is 0 Å². The predicted octanol–water partition coefficient (Wildman–Crippen LogP) is 5.05. The second-order valence-electron chi connectivity index (χ2n) is 4.87. The van der Waals surface area contributed by atoms with Crippen molar-refractivity contribution in [3.8, 4) is 0 Å². The van der Waals surface area contributed by atoms with Crippen LogP contribution in [0, 0.1) is 0 Å². The largest absolute Gasteiger partial charge is 0.372 e. The normalized spacial score (nSPS) is 18.4. The fourth-order valence-corrected chi connectivity index (χ4v) is 5.21. The molecule has 2 aromatic rings. The molecule has 0 saturated carbocycles. The van der Waals surface area contributed by atoms with E-state index in [-0.39, 0.29) is 0 Å². The van der Waals surface area contributed by atoms with Crippen LogP contribution in [0.1, 0.15) is 15.7 Å². The minimum atomic E-state index is 0.448. The first-order valence-corrected chi connectivity index (χ1v) is 8.37. The van der Waals surface area contributed by atoms with Crippen LogP contribution >= 0.6 is 23.5 Å². The van der Waals surface area contributed by atoms with Crippen LogP contribution in [0.5, 0.6) is 0 Å². The zero-order chi connectivity index (χ0) is 13.9. The average molecular weight is 299 g/mol. The van der Waals surface area contributed by atoms with E-state index in [2.05, 4.69) is 79.7 Å². The molecule has 1 nitrogen and oxygen atoms in total. The number of nitrogens with zero attached hydrogens (tertiary/aromatic N) is 1. The van der Waals surface area contributed by atoms with Gasteiger partial charge in [-0.05, 0) is 11.1 Å². The number of thioether (sulfide) groups is 2. The zero-order valence-electron chi connectivity index (χ0n) is 11.6. The number of hydrogen-bond donors (Lipinski definition) is 0. The summed E-state index contributed by atoms with van der Waals surface area (Å²) in [7, 11) is 4.25. The second-order valence-corrected chi connectivity index (χ2v) is 7.38. The molecule has 1 heterocycles. The van der Waals surface area contributed by atoms with Gasteiger partial charge in [0.25, 0.3) is 0 Å². The molecule has 3 rings (SSSR count). The van der Waals surface area contributed by atoms with Gasteiger partial charge in [-0.15, -0.1) is 11.8 Å². The second kappa shape index (κ2) is 5.98. The monoisotopic (exact) mass is 299 g/mol. The molecule has 0 aliphatic carbocycles. The molecule has 0 N–H and O–H groups in total. The maximum Gasteiger partial charge on any atom is 0.0861 e. The van der Waals surface area contributed by atoms with E-state index in [1.54, 1.807) is 0 Å². The summed E-state index contributed by atoms with van der Waals surface area (Å²) >= 11 is 3.90.